The second-order valence-corrected chi connectivity index (χ2v) is 8.92. The molecule has 1 saturated heterocycles. The van der Waals surface area contributed by atoms with Crippen LogP contribution in [0.2, 0.25) is 0 Å². The Labute approximate surface area is 154 Å². The lowest BCUT2D eigenvalue weighted by molar-refractivity contribution is -0.139. The molecular weight excluding hydrogens is 356 g/mol. The first-order valence-corrected chi connectivity index (χ1v) is 10.3. The fourth-order valence-corrected chi connectivity index (χ4v) is 4.48. The van der Waals surface area contributed by atoms with Gasteiger partial charge in [0, 0.05) is 18.7 Å². The Morgan fingerprint density at radius 1 is 1.12 bits per heavy atom. The van der Waals surface area contributed by atoms with Crippen molar-refractivity contribution < 1.29 is 23.1 Å². The van der Waals surface area contributed by atoms with Crippen molar-refractivity contribution >= 4 is 21.9 Å². The molecule has 0 aromatic heterocycles. The molecule has 1 aromatic carbocycles. The third-order valence-corrected chi connectivity index (χ3v) is 6.29. The number of nitrogens with zero attached hydrogens (tertiary/aromatic N) is 1. The molecule has 0 spiro atoms. The van der Waals surface area contributed by atoms with Crippen LogP contribution in [0.25, 0.3) is 0 Å². The van der Waals surface area contributed by atoms with Crippen molar-refractivity contribution in [2.45, 2.75) is 50.5 Å². The summed E-state index contributed by atoms with van der Waals surface area (Å²) in [6.07, 6.45) is 3.06. The van der Waals surface area contributed by atoms with Gasteiger partial charge in [-0.2, -0.15) is 4.31 Å². The molecule has 1 aromatic rings. The number of hydrogen-bond acceptors (Lipinski definition) is 4. The molecule has 1 atom stereocenters. The minimum Gasteiger partial charge on any atom is -0.480 e. The molecule has 144 valence electrons. The number of carbonyl (C=O) groups excluding carboxylic acids is 1. The van der Waals surface area contributed by atoms with Gasteiger partial charge in [0.05, 0.1) is 4.90 Å². The van der Waals surface area contributed by atoms with Gasteiger partial charge >= 0.3 is 5.97 Å². The van der Waals surface area contributed by atoms with Gasteiger partial charge in [-0.15, -0.1) is 0 Å². The monoisotopic (exact) mass is 382 g/mol. The van der Waals surface area contributed by atoms with E-state index >= 15 is 0 Å². The highest BCUT2D eigenvalue weighted by Gasteiger charge is 2.26. The van der Waals surface area contributed by atoms with E-state index in [1.807, 2.05) is 13.8 Å². The van der Waals surface area contributed by atoms with Crippen LogP contribution in [0.3, 0.4) is 0 Å². The number of hydrogen-bond donors (Lipinski definition) is 2. The number of benzene rings is 1. The number of nitrogens with one attached hydrogen (secondary N) is 1. The van der Waals surface area contributed by atoms with Gasteiger partial charge in [0.2, 0.25) is 10.0 Å². The molecule has 1 fully saturated rings. The summed E-state index contributed by atoms with van der Waals surface area (Å²) in [6.45, 7) is 4.78. The highest BCUT2D eigenvalue weighted by Crippen LogP contribution is 2.21. The van der Waals surface area contributed by atoms with E-state index in [-0.39, 0.29) is 16.4 Å². The number of carboxylic acids is 1. The molecule has 1 amide bonds. The zero-order chi connectivity index (χ0) is 19.3. The first kappa shape index (κ1) is 20.4. The third kappa shape index (κ3) is 5.04. The van der Waals surface area contributed by atoms with E-state index in [1.165, 1.54) is 28.6 Å². The summed E-state index contributed by atoms with van der Waals surface area (Å²) in [5.41, 5.74) is 0.234. The fourth-order valence-electron chi connectivity index (χ4n) is 2.97. The van der Waals surface area contributed by atoms with E-state index in [2.05, 4.69) is 5.32 Å². The number of amides is 1. The normalized spacial score (nSPS) is 17.0. The molecule has 1 aliphatic heterocycles. The van der Waals surface area contributed by atoms with Crippen molar-refractivity contribution in [3.05, 3.63) is 29.8 Å². The fraction of sp³-hybridized carbons (Fsp3) is 0.556. The summed E-state index contributed by atoms with van der Waals surface area (Å²) >= 11 is 0. The zero-order valence-electron chi connectivity index (χ0n) is 15.1. The van der Waals surface area contributed by atoms with Gasteiger partial charge in [0.15, 0.2) is 0 Å². The molecule has 1 unspecified atom stereocenters. The lowest BCUT2D eigenvalue weighted by Crippen LogP contribution is -2.41. The second-order valence-electron chi connectivity index (χ2n) is 6.98. The van der Waals surface area contributed by atoms with Crippen LogP contribution in [0.1, 0.15) is 49.9 Å². The quantitative estimate of drug-likeness (QED) is 0.751. The summed E-state index contributed by atoms with van der Waals surface area (Å²) in [5.74, 6) is -1.50. The first-order chi connectivity index (χ1) is 12.2. The number of carboxylic acid groups (broad SMARTS) is 1. The molecule has 2 N–H and O–H groups in total. The minimum absolute atomic E-state index is 0.119. The van der Waals surface area contributed by atoms with Crippen LogP contribution in [0, 0.1) is 5.92 Å². The number of rotatable bonds is 7. The van der Waals surface area contributed by atoms with Crippen LogP contribution in [-0.4, -0.2) is 48.8 Å². The van der Waals surface area contributed by atoms with Crippen LogP contribution in [0.15, 0.2) is 29.2 Å². The Bertz CT molecular complexity index is 737. The van der Waals surface area contributed by atoms with E-state index < -0.39 is 27.9 Å². The maximum absolute atomic E-state index is 12.6. The standard InChI is InChI=1S/C18H26N2O5S/c1-13(2)12-16(18(22)23)19-17(21)14-6-8-15(9-7-14)26(24,25)20-10-4-3-5-11-20/h6-9,13,16H,3-5,10-12H2,1-2H3,(H,19,21)(H,22,23). The van der Waals surface area contributed by atoms with E-state index in [9.17, 15) is 23.1 Å². The maximum Gasteiger partial charge on any atom is 0.326 e. The topological polar surface area (TPSA) is 104 Å². The molecule has 1 heterocycles. The van der Waals surface area contributed by atoms with E-state index in [1.54, 1.807) is 0 Å². The molecule has 7 nitrogen and oxygen atoms in total. The largest absolute Gasteiger partial charge is 0.480 e. The highest BCUT2D eigenvalue weighted by molar-refractivity contribution is 7.89. The lowest BCUT2D eigenvalue weighted by Gasteiger charge is -2.25. The SMILES string of the molecule is CC(C)CC(NC(=O)c1ccc(S(=O)(=O)N2CCCCC2)cc1)C(=O)O. The molecule has 0 radical (unpaired) electrons. The molecular formula is C18H26N2O5S. The summed E-state index contributed by atoms with van der Waals surface area (Å²) < 4.78 is 26.7. The van der Waals surface area contributed by atoms with Gasteiger partial charge in [-0.1, -0.05) is 20.3 Å². The number of carbonyl (C=O) groups is 2. The first-order valence-electron chi connectivity index (χ1n) is 8.85. The Kier molecular flexibility index (Phi) is 6.77. The van der Waals surface area contributed by atoms with Crippen molar-refractivity contribution in [2.75, 3.05) is 13.1 Å². The Morgan fingerprint density at radius 2 is 1.69 bits per heavy atom. The van der Waals surface area contributed by atoms with Gasteiger partial charge in [-0.05, 0) is 49.4 Å². The minimum atomic E-state index is -3.55. The van der Waals surface area contributed by atoms with E-state index in [4.69, 9.17) is 0 Å². The third-order valence-electron chi connectivity index (χ3n) is 4.38. The van der Waals surface area contributed by atoms with E-state index in [0.29, 0.717) is 19.5 Å². The average molecular weight is 382 g/mol. The maximum atomic E-state index is 12.6. The number of piperidine rings is 1. The van der Waals surface area contributed by atoms with Crippen molar-refractivity contribution in [3.8, 4) is 0 Å². The molecule has 0 bridgehead atoms. The van der Waals surface area contributed by atoms with Gasteiger partial charge < -0.3 is 10.4 Å². The predicted octanol–water partition coefficient (Wildman–Crippen LogP) is 2.09. The molecule has 0 saturated carbocycles. The second kappa shape index (κ2) is 8.64. The molecule has 0 aliphatic carbocycles. The number of sulfonamides is 1. The lowest BCUT2D eigenvalue weighted by atomic mass is 10.0. The molecule has 8 heteroatoms. The smallest absolute Gasteiger partial charge is 0.326 e. The van der Waals surface area contributed by atoms with Crippen molar-refractivity contribution in [1.82, 2.24) is 9.62 Å². The van der Waals surface area contributed by atoms with Crippen LogP contribution in [-0.2, 0) is 14.8 Å². The molecule has 2 rings (SSSR count). The van der Waals surface area contributed by atoms with Crippen molar-refractivity contribution in [1.29, 1.82) is 0 Å². The average Bonchev–Trinajstić information content (AvgIpc) is 2.61. The summed E-state index contributed by atoms with van der Waals surface area (Å²) in [7, 11) is -3.55. The van der Waals surface area contributed by atoms with Gasteiger partial charge in [0.1, 0.15) is 6.04 Å². The predicted molar refractivity (Wildman–Crippen MR) is 97.4 cm³/mol. The Balaban J connectivity index is 2.10. The molecule has 26 heavy (non-hydrogen) atoms. The van der Waals surface area contributed by atoms with Crippen molar-refractivity contribution in [3.63, 3.8) is 0 Å². The van der Waals surface area contributed by atoms with Crippen LogP contribution < -0.4 is 5.32 Å². The Hall–Kier alpha value is -1.93. The van der Waals surface area contributed by atoms with Gasteiger partial charge in [0.25, 0.3) is 5.91 Å². The van der Waals surface area contributed by atoms with Crippen LogP contribution in [0.4, 0.5) is 0 Å². The summed E-state index contributed by atoms with van der Waals surface area (Å²) in [5, 5.41) is 11.7. The van der Waals surface area contributed by atoms with Crippen molar-refractivity contribution in [2.24, 2.45) is 5.92 Å². The Morgan fingerprint density at radius 3 is 2.19 bits per heavy atom. The highest BCUT2D eigenvalue weighted by atomic mass is 32.2. The zero-order valence-corrected chi connectivity index (χ0v) is 16.0. The summed E-state index contributed by atoms with van der Waals surface area (Å²) in [6, 6.07) is 4.66. The van der Waals surface area contributed by atoms with Gasteiger partial charge in [-0.3, -0.25) is 4.79 Å². The summed E-state index contributed by atoms with van der Waals surface area (Å²) in [4.78, 5) is 23.7. The van der Waals surface area contributed by atoms with E-state index in [0.717, 1.165) is 19.3 Å². The van der Waals surface area contributed by atoms with Gasteiger partial charge in [-0.25, -0.2) is 13.2 Å². The van der Waals surface area contributed by atoms with Crippen LogP contribution in [0.5, 0.6) is 0 Å². The number of aliphatic carboxylic acids is 1. The molecule has 1 aliphatic rings. The van der Waals surface area contributed by atoms with Crippen LogP contribution >= 0.6 is 0 Å².